The molecule has 0 amide bonds. The molecule has 0 aromatic heterocycles. The highest BCUT2D eigenvalue weighted by Gasteiger charge is 2.12. The smallest absolute Gasteiger partial charge is 0.306 e. The Labute approximate surface area is 96.9 Å². The molecule has 0 aliphatic heterocycles. The molecule has 0 N–H and O–H groups in total. The summed E-state index contributed by atoms with van der Waals surface area (Å²) >= 11 is 1.28. The van der Waals surface area contributed by atoms with E-state index in [0.29, 0.717) is 10.6 Å². The molecule has 1 aromatic carbocycles. The predicted molar refractivity (Wildman–Crippen MR) is 60.5 cm³/mol. The van der Waals surface area contributed by atoms with Gasteiger partial charge in [-0.25, -0.2) is 0 Å². The topological polar surface area (TPSA) is 69.4 Å². The lowest BCUT2D eigenvalue weighted by Gasteiger charge is -2.01. The zero-order chi connectivity index (χ0) is 12.0. The van der Waals surface area contributed by atoms with Crippen molar-refractivity contribution in [2.75, 3.05) is 12.9 Å². The van der Waals surface area contributed by atoms with Gasteiger partial charge in [0.05, 0.1) is 23.3 Å². The summed E-state index contributed by atoms with van der Waals surface area (Å²) in [6.45, 7) is 0. The number of para-hydroxylation sites is 1. The molecule has 0 spiro atoms. The molecule has 0 heterocycles. The first kappa shape index (κ1) is 12.5. The highest BCUT2D eigenvalue weighted by Crippen LogP contribution is 2.28. The first-order valence-corrected chi connectivity index (χ1v) is 5.56. The number of hydrogen-bond donors (Lipinski definition) is 0. The summed E-state index contributed by atoms with van der Waals surface area (Å²) in [5, 5.41) is 10.7. The van der Waals surface area contributed by atoms with Crippen molar-refractivity contribution in [3.8, 4) is 0 Å². The van der Waals surface area contributed by atoms with E-state index in [2.05, 4.69) is 4.74 Å². The molecule has 16 heavy (non-hydrogen) atoms. The Kier molecular flexibility index (Phi) is 4.78. The number of methoxy groups -OCH3 is 1. The van der Waals surface area contributed by atoms with Gasteiger partial charge in [-0.2, -0.15) is 0 Å². The molecule has 5 nitrogen and oxygen atoms in total. The van der Waals surface area contributed by atoms with Gasteiger partial charge in [0.1, 0.15) is 0 Å². The number of thioether (sulfide) groups is 1. The van der Waals surface area contributed by atoms with Crippen LogP contribution in [-0.4, -0.2) is 23.8 Å². The van der Waals surface area contributed by atoms with E-state index in [1.54, 1.807) is 18.2 Å². The summed E-state index contributed by atoms with van der Waals surface area (Å²) in [7, 11) is 1.32. The van der Waals surface area contributed by atoms with Crippen molar-refractivity contribution in [1.82, 2.24) is 0 Å². The van der Waals surface area contributed by atoms with Crippen molar-refractivity contribution < 1.29 is 14.5 Å². The number of nitro groups is 1. The van der Waals surface area contributed by atoms with Crippen LogP contribution in [0.2, 0.25) is 0 Å². The van der Waals surface area contributed by atoms with Crippen LogP contribution in [-0.2, 0) is 9.53 Å². The Morgan fingerprint density at radius 3 is 2.81 bits per heavy atom. The molecule has 0 saturated carbocycles. The molecule has 0 radical (unpaired) electrons. The van der Waals surface area contributed by atoms with Gasteiger partial charge in [0.25, 0.3) is 5.69 Å². The number of hydrogen-bond acceptors (Lipinski definition) is 5. The van der Waals surface area contributed by atoms with Crippen molar-refractivity contribution in [2.24, 2.45) is 0 Å². The maximum Gasteiger partial charge on any atom is 0.306 e. The Morgan fingerprint density at radius 1 is 1.50 bits per heavy atom. The SMILES string of the molecule is COC(=O)CCSc1ccccc1[N+](=O)[O-]. The van der Waals surface area contributed by atoms with Gasteiger partial charge in [-0.05, 0) is 6.07 Å². The second kappa shape index (κ2) is 6.12. The van der Waals surface area contributed by atoms with Crippen LogP contribution in [0.25, 0.3) is 0 Å². The second-order valence-electron chi connectivity index (χ2n) is 2.90. The fourth-order valence-corrected chi connectivity index (χ4v) is 2.03. The van der Waals surface area contributed by atoms with Gasteiger partial charge in [-0.3, -0.25) is 14.9 Å². The summed E-state index contributed by atoms with van der Waals surface area (Å²) < 4.78 is 4.48. The minimum Gasteiger partial charge on any atom is -0.469 e. The number of rotatable bonds is 5. The third-order valence-corrected chi connectivity index (χ3v) is 2.92. The van der Waals surface area contributed by atoms with Gasteiger partial charge in [0.15, 0.2) is 0 Å². The van der Waals surface area contributed by atoms with E-state index in [-0.39, 0.29) is 18.1 Å². The molecule has 0 aliphatic carbocycles. The van der Waals surface area contributed by atoms with Crippen LogP contribution in [0.15, 0.2) is 29.2 Å². The molecule has 0 saturated heterocycles. The normalized spacial score (nSPS) is 9.81. The van der Waals surface area contributed by atoms with E-state index in [1.165, 1.54) is 24.9 Å². The molecular weight excluding hydrogens is 230 g/mol. The van der Waals surface area contributed by atoms with Crippen LogP contribution >= 0.6 is 11.8 Å². The molecule has 0 aliphatic rings. The van der Waals surface area contributed by atoms with Crippen molar-refractivity contribution in [2.45, 2.75) is 11.3 Å². The maximum atomic E-state index is 10.9. The molecule has 86 valence electrons. The van der Waals surface area contributed by atoms with E-state index < -0.39 is 4.92 Å². The van der Waals surface area contributed by atoms with Gasteiger partial charge in [0, 0.05) is 11.8 Å². The fourth-order valence-electron chi connectivity index (χ4n) is 1.08. The lowest BCUT2D eigenvalue weighted by atomic mass is 10.3. The van der Waals surface area contributed by atoms with Gasteiger partial charge in [-0.15, -0.1) is 11.8 Å². The Hall–Kier alpha value is -1.56. The third-order valence-electron chi connectivity index (χ3n) is 1.85. The summed E-state index contributed by atoms with van der Waals surface area (Å²) in [6, 6.07) is 6.45. The molecule has 1 aromatic rings. The van der Waals surface area contributed by atoms with Gasteiger partial charge >= 0.3 is 5.97 Å². The summed E-state index contributed by atoms with van der Waals surface area (Å²) in [5.74, 6) is 0.156. The number of ether oxygens (including phenoxy) is 1. The monoisotopic (exact) mass is 241 g/mol. The summed E-state index contributed by atoms with van der Waals surface area (Å²) in [6.07, 6.45) is 0.243. The van der Waals surface area contributed by atoms with E-state index in [1.807, 2.05) is 0 Å². The zero-order valence-electron chi connectivity index (χ0n) is 8.71. The van der Waals surface area contributed by atoms with Crippen LogP contribution in [0.1, 0.15) is 6.42 Å². The lowest BCUT2D eigenvalue weighted by molar-refractivity contribution is -0.387. The highest BCUT2D eigenvalue weighted by atomic mass is 32.2. The third kappa shape index (κ3) is 3.54. The first-order chi connectivity index (χ1) is 7.65. The lowest BCUT2D eigenvalue weighted by Crippen LogP contribution is -2.01. The zero-order valence-corrected chi connectivity index (χ0v) is 9.53. The quantitative estimate of drug-likeness (QED) is 0.342. The largest absolute Gasteiger partial charge is 0.469 e. The van der Waals surface area contributed by atoms with Crippen molar-refractivity contribution in [3.63, 3.8) is 0 Å². The molecular formula is C10H11NO4S. The standard InChI is InChI=1S/C10H11NO4S/c1-15-10(12)6-7-16-9-5-3-2-4-8(9)11(13)14/h2-5H,6-7H2,1H3. The van der Waals surface area contributed by atoms with E-state index in [4.69, 9.17) is 0 Å². The number of carbonyl (C=O) groups excluding carboxylic acids is 1. The predicted octanol–water partition coefficient (Wildman–Crippen LogP) is 2.25. The molecule has 0 atom stereocenters. The number of esters is 1. The van der Waals surface area contributed by atoms with E-state index in [0.717, 1.165) is 0 Å². The number of nitro benzene ring substituents is 1. The van der Waals surface area contributed by atoms with Crippen LogP contribution < -0.4 is 0 Å². The van der Waals surface area contributed by atoms with Crippen LogP contribution in [0, 0.1) is 10.1 Å². The molecule has 0 fully saturated rings. The second-order valence-corrected chi connectivity index (χ2v) is 4.04. The number of nitrogens with zero attached hydrogens (tertiary/aromatic N) is 1. The maximum absolute atomic E-state index is 10.9. The van der Waals surface area contributed by atoms with Crippen molar-refractivity contribution >= 4 is 23.4 Å². The fraction of sp³-hybridized carbons (Fsp3) is 0.300. The summed E-state index contributed by atoms with van der Waals surface area (Å²) in [4.78, 5) is 21.7. The number of benzene rings is 1. The van der Waals surface area contributed by atoms with Gasteiger partial charge < -0.3 is 4.74 Å². The Morgan fingerprint density at radius 2 is 2.19 bits per heavy atom. The molecule has 6 heteroatoms. The van der Waals surface area contributed by atoms with Crippen LogP contribution in [0.4, 0.5) is 5.69 Å². The van der Waals surface area contributed by atoms with Crippen molar-refractivity contribution in [3.05, 3.63) is 34.4 Å². The molecule has 0 bridgehead atoms. The van der Waals surface area contributed by atoms with Crippen LogP contribution in [0.5, 0.6) is 0 Å². The van der Waals surface area contributed by atoms with Crippen LogP contribution in [0.3, 0.4) is 0 Å². The average Bonchev–Trinajstić information content (AvgIpc) is 2.29. The highest BCUT2D eigenvalue weighted by molar-refractivity contribution is 7.99. The Bertz CT molecular complexity index is 394. The molecule has 0 unspecified atom stereocenters. The molecule has 1 rings (SSSR count). The van der Waals surface area contributed by atoms with Gasteiger partial charge in [0.2, 0.25) is 0 Å². The van der Waals surface area contributed by atoms with E-state index in [9.17, 15) is 14.9 Å². The average molecular weight is 241 g/mol. The number of carbonyl (C=O) groups is 1. The minimum absolute atomic E-state index is 0.0670. The summed E-state index contributed by atoms with van der Waals surface area (Å²) in [5.41, 5.74) is 0.0670. The van der Waals surface area contributed by atoms with Gasteiger partial charge in [-0.1, -0.05) is 12.1 Å². The Balaban J connectivity index is 2.60. The minimum atomic E-state index is -0.430. The first-order valence-electron chi connectivity index (χ1n) is 4.58. The van der Waals surface area contributed by atoms with Crippen molar-refractivity contribution in [1.29, 1.82) is 0 Å². The van der Waals surface area contributed by atoms with E-state index >= 15 is 0 Å².